The van der Waals surface area contributed by atoms with Gasteiger partial charge in [0.1, 0.15) is 18.2 Å². The van der Waals surface area contributed by atoms with Gasteiger partial charge < -0.3 is 24.3 Å². The molecule has 3 rings (SSSR count). The van der Waals surface area contributed by atoms with Crippen molar-refractivity contribution in [3.8, 4) is 11.5 Å². The topological polar surface area (TPSA) is 80.9 Å². The third-order valence-electron chi connectivity index (χ3n) is 4.04. The fourth-order valence-corrected chi connectivity index (χ4v) is 2.54. The number of ether oxygens (including phenoxy) is 2. The first-order valence-electron chi connectivity index (χ1n) is 8.63. The molecule has 1 atom stereocenters. The van der Waals surface area contributed by atoms with Gasteiger partial charge in [-0.15, -0.1) is 0 Å². The summed E-state index contributed by atoms with van der Waals surface area (Å²) < 4.78 is 29.3. The smallest absolute Gasteiger partial charge is 0.287 e. The highest BCUT2D eigenvalue weighted by Crippen LogP contribution is 2.26. The largest absolute Gasteiger partial charge is 0.493 e. The molecule has 0 spiro atoms. The van der Waals surface area contributed by atoms with Crippen LogP contribution < -0.4 is 14.8 Å². The second kappa shape index (κ2) is 9.05. The Morgan fingerprint density at radius 1 is 1.11 bits per heavy atom. The van der Waals surface area contributed by atoms with Gasteiger partial charge in [0.2, 0.25) is 0 Å². The molecule has 0 aliphatic rings. The van der Waals surface area contributed by atoms with Crippen molar-refractivity contribution in [3.05, 3.63) is 83.6 Å². The molecular weight excluding hydrogens is 365 g/mol. The predicted molar refractivity (Wildman–Crippen MR) is 99.7 cm³/mol. The van der Waals surface area contributed by atoms with E-state index in [1.54, 1.807) is 25.3 Å². The summed E-state index contributed by atoms with van der Waals surface area (Å²) in [5.74, 6) is 0.875. The van der Waals surface area contributed by atoms with Crippen LogP contribution in [0.4, 0.5) is 4.39 Å². The van der Waals surface area contributed by atoms with Gasteiger partial charge in [0, 0.05) is 6.54 Å². The lowest BCUT2D eigenvalue weighted by molar-refractivity contribution is 0.0885. The summed E-state index contributed by atoms with van der Waals surface area (Å²) in [4.78, 5) is 12.2. The summed E-state index contributed by atoms with van der Waals surface area (Å²) in [5, 5.41) is 12.7. The summed E-state index contributed by atoms with van der Waals surface area (Å²) in [7, 11) is 1.55. The van der Waals surface area contributed by atoms with Crippen LogP contribution in [-0.2, 0) is 6.61 Å². The van der Waals surface area contributed by atoms with Gasteiger partial charge in [-0.1, -0.05) is 24.3 Å². The van der Waals surface area contributed by atoms with Crippen molar-refractivity contribution in [2.24, 2.45) is 0 Å². The van der Waals surface area contributed by atoms with E-state index in [4.69, 9.17) is 13.9 Å². The number of para-hydroxylation sites is 2. The number of furan rings is 1. The quantitative estimate of drug-likeness (QED) is 0.621. The number of halogens is 1. The molecule has 1 amide bonds. The van der Waals surface area contributed by atoms with Gasteiger partial charge >= 0.3 is 0 Å². The van der Waals surface area contributed by atoms with Gasteiger partial charge in [-0.3, -0.25) is 4.79 Å². The van der Waals surface area contributed by atoms with Crippen molar-refractivity contribution in [1.82, 2.24) is 5.32 Å². The second-order valence-electron chi connectivity index (χ2n) is 5.98. The highest BCUT2D eigenvalue weighted by molar-refractivity contribution is 5.91. The van der Waals surface area contributed by atoms with Crippen molar-refractivity contribution in [2.75, 3.05) is 13.7 Å². The number of aliphatic hydroxyl groups excluding tert-OH is 1. The molecule has 3 aromatic rings. The molecule has 0 aliphatic carbocycles. The van der Waals surface area contributed by atoms with E-state index in [0.29, 0.717) is 22.8 Å². The predicted octanol–water partition coefficient (Wildman–Crippen LogP) is 3.47. The molecule has 28 heavy (non-hydrogen) atoms. The molecule has 1 heterocycles. The van der Waals surface area contributed by atoms with Crippen LogP contribution in [0.5, 0.6) is 11.5 Å². The third-order valence-corrected chi connectivity index (χ3v) is 4.04. The van der Waals surface area contributed by atoms with Crippen molar-refractivity contribution in [3.63, 3.8) is 0 Å². The van der Waals surface area contributed by atoms with E-state index in [-0.39, 0.29) is 18.9 Å². The standard InChI is InChI=1S/C21H20FNO5/c1-26-18-4-2-3-5-19(18)27-13-16-10-11-20(28-16)21(25)23-12-17(24)14-6-8-15(22)9-7-14/h2-11,17,24H,12-13H2,1H3,(H,23,25). The molecule has 7 heteroatoms. The van der Waals surface area contributed by atoms with Crippen molar-refractivity contribution >= 4 is 5.91 Å². The fraction of sp³-hybridized carbons (Fsp3) is 0.190. The molecule has 0 aliphatic heterocycles. The Kier molecular flexibility index (Phi) is 6.29. The van der Waals surface area contributed by atoms with Crippen molar-refractivity contribution < 1.29 is 28.2 Å². The zero-order valence-electron chi connectivity index (χ0n) is 15.2. The van der Waals surface area contributed by atoms with E-state index >= 15 is 0 Å². The van der Waals surface area contributed by atoms with Crippen LogP contribution in [0.15, 0.2) is 65.1 Å². The summed E-state index contributed by atoms with van der Waals surface area (Å²) >= 11 is 0. The first-order valence-corrected chi connectivity index (χ1v) is 8.63. The van der Waals surface area contributed by atoms with Gasteiger partial charge in [-0.05, 0) is 42.0 Å². The number of carbonyl (C=O) groups excluding carboxylic acids is 1. The zero-order valence-corrected chi connectivity index (χ0v) is 15.2. The maximum Gasteiger partial charge on any atom is 0.287 e. The molecule has 1 aromatic heterocycles. The number of hydrogen-bond donors (Lipinski definition) is 2. The van der Waals surface area contributed by atoms with Crippen LogP contribution in [0, 0.1) is 5.82 Å². The normalized spacial score (nSPS) is 11.7. The lowest BCUT2D eigenvalue weighted by Gasteiger charge is -2.11. The molecular formula is C21H20FNO5. The molecule has 0 saturated carbocycles. The number of amides is 1. The highest BCUT2D eigenvalue weighted by Gasteiger charge is 2.15. The fourth-order valence-electron chi connectivity index (χ4n) is 2.54. The lowest BCUT2D eigenvalue weighted by Crippen LogP contribution is -2.28. The molecule has 0 bridgehead atoms. The molecule has 0 fully saturated rings. The lowest BCUT2D eigenvalue weighted by atomic mass is 10.1. The molecule has 2 aromatic carbocycles. The minimum absolute atomic E-state index is 0.0296. The van der Waals surface area contributed by atoms with Gasteiger partial charge in [-0.25, -0.2) is 4.39 Å². The molecule has 0 saturated heterocycles. The summed E-state index contributed by atoms with van der Waals surface area (Å²) in [6.07, 6.45) is -0.951. The molecule has 146 valence electrons. The zero-order chi connectivity index (χ0) is 19.9. The SMILES string of the molecule is COc1ccccc1OCc1ccc(C(=O)NCC(O)c2ccc(F)cc2)o1. The summed E-state index contributed by atoms with van der Waals surface area (Å²) in [5.41, 5.74) is 0.507. The van der Waals surface area contributed by atoms with Gasteiger partial charge in [-0.2, -0.15) is 0 Å². The van der Waals surface area contributed by atoms with Crippen LogP contribution >= 0.6 is 0 Å². The number of hydrogen-bond acceptors (Lipinski definition) is 5. The molecule has 6 nitrogen and oxygen atoms in total. The van der Waals surface area contributed by atoms with Crippen LogP contribution in [-0.4, -0.2) is 24.7 Å². The Morgan fingerprint density at radius 2 is 1.82 bits per heavy atom. The number of carbonyl (C=O) groups is 1. The minimum Gasteiger partial charge on any atom is -0.493 e. The summed E-state index contributed by atoms with van der Waals surface area (Å²) in [6.45, 7) is 0.101. The highest BCUT2D eigenvalue weighted by atomic mass is 19.1. The van der Waals surface area contributed by atoms with Gasteiger partial charge in [0.05, 0.1) is 13.2 Å². The van der Waals surface area contributed by atoms with Crippen LogP contribution in [0.25, 0.3) is 0 Å². The Balaban J connectivity index is 1.53. The first kappa shape index (κ1) is 19.4. The van der Waals surface area contributed by atoms with Crippen molar-refractivity contribution in [2.45, 2.75) is 12.7 Å². The van der Waals surface area contributed by atoms with Gasteiger partial charge in [0.25, 0.3) is 5.91 Å². The summed E-state index contributed by atoms with van der Waals surface area (Å²) in [6, 6.07) is 15.8. The van der Waals surface area contributed by atoms with E-state index < -0.39 is 17.8 Å². The number of benzene rings is 2. The number of rotatable bonds is 8. The Bertz CT molecular complexity index is 923. The van der Waals surface area contributed by atoms with Gasteiger partial charge in [0.15, 0.2) is 17.3 Å². The first-order chi connectivity index (χ1) is 13.6. The maximum absolute atomic E-state index is 12.9. The van der Waals surface area contributed by atoms with E-state index in [2.05, 4.69) is 5.32 Å². The average Bonchev–Trinajstić information content (AvgIpc) is 3.20. The van der Waals surface area contributed by atoms with Crippen LogP contribution in [0.1, 0.15) is 28.0 Å². The third kappa shape index (κ3) is 4.89. The van der Waals surface area contributed by atoms with Crippen LogP contribution in [0.2, 0.25) is 0 Å². The Labute approximate surface area is 161 Å². The van der Waals surface area contributed by atoms with E-state index in [1.165, 1.54) is 30.3 Å². The Morgan fingerprint density at radius 3 is 2.54 bits per heavy atom. The molecule has 1 unspecified atom stereocenters. The molecule has 2 N–H and O–H groups in total. The van der Waals surface area contributed by atoms with E-state index in [0.717, 1.165) is 0 Å². The van der Waals surface area contributed by atoms with Crippen LogP contribution in [0.3, 0.4) is 0 Å². The number of aliphatic hydroxyl groups is 1. The Hall–Kier alpha value is -3.32. The monoisotopic (exact) mass is 385 g/mol. The van der Waals surface area contributed by atoms with E-state index in [9.17, 15) is 14.3 Å². The number of nitrogens with one attached hydrogen (secondary N) is 1. The van der Waals surface area contributed by atoms with Crippen molar-refractivity contribution in [1.29, 1.82) is 0 Å². The van der Waals surface area contributed by atoms with E-state index in [1.807, 2.05) is 12.1 Å². The average molecular weight is 385 g/mol. The minimum atomic E-state index is -0.951. The maximum atomic E-state index is 12.9. The number of methoxy groups -OCH3 is 1. The second-order valence-corrected chi connectivity index (χ2v) is 5.98. The molecule has 0 radical (unpaired) electrons.